The molecule has 0 aromatic rings. The van der Waals surface area contributed by atoms with Crippen LogP contribution in [0.2, 0.25) is 0 Å². The molecule has 0 amide bonds. The minimum atomic E-state index is -3.43. The number of methoxy groups -OCH3 is 1. The molecule has 0 aliphatic rings. The minimum Gasteiger partial charge on any atom is -0.385 e. The molecule has 0 saturated carbocycles. The van der Waals surface area contributed by atoms with Gasteiger partial charge in [0.2, 0.25) is 10.0 Å². The summed E-state index contributed by atoms with van der Waals surface area (Å²) in [6, 6.07) is 1.39. The van der Waals surface area contributed by atoms with E-state index in [1.165, 1.54) is 0 Å². The molecule has 0 aromatic carbocycles. The van der Waals surface area contributed by atoms with Gasteiger partial charge in [-0.2, -0.15) is 5.26 Å². The van der Waals surface area contributed by atoms with Crippen LogP contribution in [0.3, 0.4) is 0 Å². The number of ether oxygens (including phenoxy) is 1. The second kappa shape index (κ2) is 5.91. The lowest BCUT2D eigenvalue weighted by atomic mass is 10.3. The molecule has 1 unspecified atom stereocenters. The van der Waals surface area contributed by atoms with Crippen LogP contribution in [0.25, 0.3) is 0 Å². The molecule has 0 fully saturated rings. The molecule has 1 atom stereocenters. The monoisotopic (exact) mass is 206 g/mol. The molecular formula is C7H14N2O3S. The summed E-state index contributed by atoms with van der Waals surface area (Å²) in [6.07, 6.45) is 0.598. The summed E-state index contributed by atoms with van der Waals surface area (Å²) in [7, 11) is -1.88. The Labute approximate surface area is 78.7 Å². The van der Waals surface area contributed by atoms with Crippen LogP contribution in [0.1, 0.15) is 13.3 Å². The Hall–Kier alpha value is -0.640. The highest BCUT2D eigenvalue weighted by Gasteiger charge is 2.13. The highest BCUT2D eigenvalue weighted by atomic mass is 32.2. The molecule has 0 heterocycles. The number of rotatable bonds is 6. The van der Waals surface area contributed by atoms with E-state index in [4.69, 9.17) is 10.00 Å². The maximum absolute atomic E-state index is 11.0. The lowest BCUT2D eigenvalue weighted by molar-refractivity contribution is 0.188. The predicted molar refractivity (Wildman–Crippen MR) is 48.5 cm³/mol. The topological polar surface area (TPSA) is 79.2 Å². The summed E-state index contributed by atoms with van der Waals surface area (Å²) in [5, 5.41) is 8.20. The van der Waals surface area contributed by atoms with Gasteiger partial charge in [-0.15, -0.1) is 0 Å². The van der Waals surface area contributed by atoms with E-state index in [2.05, 4.69) is 4.72 Å². The number of hydrogen-bond donors (Lipinski definition) is 1. The van der Waals surface area contributed by atoms with E-state index in [0.29, 0.717) is 13.0 Å². The van der Waals surface area contributed by atoms with Crippen molar-refractivity contribution >= 4 is 10.0 Å². The minimum absolute atomic E-state index is 0.196. The lowest BCUT2D eigenvalue weighted by Gasteiger charge is -2.11. The van der Waals surface area contributed by atoms with Crippen molar-refractivity contribution in [2.45, 2.75) is 19.4 Å². The molecule has 0 spiro atoms. The van der Waals surface area contributed by atoms with Crippen LogP contribution in [0.5, 0.6) is 0 Å². The van der Waals surface area contributed by atoms with Crippen LogP contribution in [-0.2, 0) is 14.8 Å². The van der Waals surface area contributed by atoms with Gasteiger partial charge in [-0.25, -0.2) is 13.1 Å². The molecule has 0 bridgehead atoms. The molecular weight excluding hydrogens is 192 g/mol. The van der Waals surface area contributed by atoms with E-state index in [-0.39, 0.29) is 6.04 Å². The first-order chi connectivity index (χ1) is 6.02. The Morgan fingerprint density at radius 1 is 1.62 bits per heavy atom. The molecule has 5 nitrogen and oxygen atoms in total. The van der Waals surface area contributed by atoms with Crippen LogP contribution >= 0.6 is 0 Å². The average Bonchev–Trinajstić information content (AvgIpc) is 1.99. The summed E-state index contributed by atoms with van der Waals surface area (Å²) >= 11 is 0. The summed E-state index contributed by atoms with van der Waals surface area (Å²) < 4.78 is 29.2. The van der Waals surface area contributed by atoms with Gasteiger partial charge in [0.25, 0.3) is 0 Å². The number of nitrogens with zero attached hydrogens (tertiary/aromatic N) is 1. The SMILES string of the molecule is COCCC(C)NS(=O)(=O)CC#N. The summed E-state index contributed by atoms with van der Waals surface area (Å²) in [6.45, 7) is 2.23. The largest absolute Gasteiger partial charge is 0.385 e. The van der Waals surface area contributed by atoms with Crippen molar-refractivity contribution in [3.05, 3.63) is 0 Å². The molecule has 76 valence electrons. The fourth-order valence-electron chi connectivity index (χ4n) is 0.787. The van der Waals surface area contributed by atoms with Crippen molar-refractivity contribution in [3.8, 4) is 6.07 Å². The molecule has 0 aliphatic carbocycles. The predicted octanol–water partition coefficient (Wildman–Crippen LogP) is -0.146. The normalized spacial score (nSPS) is 13.6. The molecule has 0 aromatic heterocycles. The summed E-state index contributed by atoms with van der Waals surface area (Å²) in [4.78, 5) is 0. The van der Waals surface area contributed by atoms with E-state index in [0.717, 1.165) is 0 Å². The van der Waals surface area contributed by atoms with Gasteiger partial charge in [0.1, 0.15) is 0 Å². The smallest absolute Gasteiger partial charge is 0.225 e. The average molecular weight is 206 g/mol. The van der Waals surface area contributed by atoms with Gasteiger partial charge >= 0.3 is 0 Å². The van der Waals surface area contributed by atoms with Crippen molar-refractivity contribution in [1.29, 1.82) is 5.26 Å². The fraction of sp³-hybridized carbons (Fsp3) is 0.857. The zero-order valence-electron chi connectivity index (χ0n) is 7.78. The highest BCUT2D eigenvalue weighted by molar-refractivity contribution is 7.89. The van der Waals surface area contributed by atoms with E-state index >= 15 is 0 Å². The first kappa shape index (κ1) is 12.4. The van der Waals surface area contributed by atoms with Gasteiger partial charge < -0.3 is 4.74 Å². The van der Waals surface area contributed by atoms with Gasteiger partial charge in [0.05, 0.1) is 6.07 Å². The van der Waals surface area contributed by atoms with Gasteiger partial charge in [0.15, 0.2) is 5.75 Å². The summed E-state index contributed by atoms with van der Waals surface area (Å²) in [5.41, 5.74) is 0. The Kier molecular flexibility index (Phi) is 5.62. The number of nitriles is 1. The molecule has 1 N–H and O–H groups in total. The van der Waals surface area contributed by atoms with Crippen LogP contribution in [0.4, 0.5) is 0 Å². The first-order valence-electron chi connectivity index (χ1n) is 3.87. The van der Waals surface area contributed by atoms with E-state index in [9.17, 15) is 8.42 Å². The van der Waals surface area contributed by atoms with E-state index in [1.54, 1.807) is 20.1 Å². The second-order valence-electron chi connectivity index (χ2n) is 2.72. The van der Waals surface area contributed by atoms with E-state index < -0.39 is 15.8 Å². The van der Waals surface area contributed by atoms with Gasteiger partial charge in [-0.3, -0.25) is 0 Å². The Bertz CT molecular complexity index is 268. The molecule has 0 aliphatic heterocycles. The Morgan fingerprint density at radius 2 is 2.23 bits per heavy atom. The third-order valence-electron chi connectivity index (χ3n) is 1.39. The third-order valence-corrected chi connectivity index (χ3v) is 2.66. The Morgan fingerprint density at radius 3 is 2.69 bits per heavy atom. The Balaban J connectivity index is 3.91. The molecule has 6 heteroatoms. The number of sulfonamides is 1. The first-order valence-corrected chi connectivity index (χ1v) is 5.53. The maximum atomic E-state index is 11.0. The van der Waals surface area contributed by atoms with Crippen LogP contribution in [0, 0.1) is 11.3 Å². The van der Waals surface area contributed by atoms with Gasteiger partial charge in [0, 0.05) is 19.8 Å². The highest BCUT2D eigenvalue weighted by Crippen LogP contribution is 1.94. The third kappa shape index (κ3) is 6.51. The zero-order chi connectivity index (χ0) is 10.3. The second-order valence-corrected chi connectivity index (χ2v) is 4.47. The quantitative estimate of drug-likeness (QED) is 0.655. The van der Waals surface area contributed by atoms with Crippen molar-refractivity contribution in [2.24, 2.45) is 0 Å². The van der Waals surface area contributed by atoms with E-state index in [1.807, 2.05) is 0 Å². The molecule has 0 saturated heterocycles. The maximum Gasteiger partial charge on any atom is 0.225 e. The molecule has 0 radical (unpaired) electrons. The van der Waals surface area contributed by atoms with Crippen LogP contribution in [-0.4, -0.2) is 33.9 Å². The van der Waals surface area contributed by atoms with Crippen molar-refractivity contribution in [1.82, 2.24) is 4.72 Å². The van der Waals surface area contributed by atoms with Crippen molar-refractivity contribution < 1.29 is 13.2 Å². The zero-order valence-corrected chi connectivity index (χ0v) is 8.60. The van der Waals surface area contributed by atoms with Crippen molar-refractivity contribution in [2.75, 3.05) is 19.5 Å². The standard InChI is InChI=1S/C7H14N2O3S/c1-7(3-5-12-2)9-13(10,11)6-4-8/h7,9H,3,5-6H2,1-2H3. The number of nitrogens with one attached hydrogen (secondary N) is 1. The van der Waals surface area contributed by atoms with Gasteiger partial charge in [-0.05, 0) is 13.3 Å². The summed E-state index contributed by atoms with van der Waals surface area (Å²) in [5.74, 6) is -0.496. The lowest BCUT2D eigenvalue weighted by Crippen LogP contribution is -2.34. The van der Waals surface area contributed by atoms with Crippen molar-refractivity contribution in [3.63, 3.8) is 0 Å². The number of hydrogen-bond acceptors (Lipinski definition) is 4. The van der Waals surface area contributed by atoms with Gasteiger partial charge in [-0.1, -0.05) is 0 Å². The molecule has 0 rings (SSSR count). The fourth-order valence-corrected chi connectivity index (χ4v) is 1.77. The van der Waals surface area contributed by atoms with Crippen LogP contribution < -0.4 is 4.72 Å². The van der Waals surface area contributed by atoms with Crippen LogP contribution in [0.15, 0.2) is 0 Å². The molecule has 13 heavy (non-hydrogen) atoms.